The van der Waals surface area contributed by atoms with Gasteiger partial charge in [-0.15, -0.1) is 0 Å². The normalized spacial score (nSPS) is 21.9. The number of hydrogen-bond donors (Lipinski definition) is 1. The van der Waals surface area contributed by atoms with E-state index in [0.717, 1.165) is 10.2 Å². The third-order valence-corrected chi connectivity index (χ3v) is 3.85. The maximum Gasteiger partial charge on any atom is 0.201 e. The molecule has 0 saturated carbocycles. The first-order chi connectivity index (χ1) is 8.99. The van der Waals surface area contributed by atoms with Crippen LogP contribution in [0.15, 0.2) is 40.2 Å². The number of benzene rings is 1. The predicted molar refractivity (Wildman–Crippen MR) is 74.4 cm³/mol. The van der Waals surface area contributed by atoms with Crippen LogP contribution >= 0.6 is 15.9 Å². The zero-order valence-corrected chi connectivity index (χ0v) is 11.9. The lowest BCUT2D eigenvalue weighted by Crippen LogP contribution is -2.37. The predicted octanol–water partition coefficient (Wildman–Crippen LogP) is 2.42. The third-order valence-electron chi connectivity index (χ3n) is 3.36. The molecule has 0 radical (unpaired) electrons. The Hall–Kier alpha value is -1.69. The molecule has 1 aliphatic rings. The molecule has 0 bridgehead atoms. The first-order valence-electron chi connectivity index (χ1n) is 5.82. The Kier molecular flexibility index (Phi) is 2.70. The van der Waals surface area contributed by atoms with E-state index in [1.807, 2.05) is 6.92 Å². The van der Waals surface area contributed by atoms with Gasteiger partial charge in [-0.3, -0.25) is 4.57 Å². The highest BCUT2D eigenvalue weighted by atomic mass is 79.9. The summed E-state index contributed by atoms with van der Waals surface area (Å²) in [6.07, 6.45) is 3.90. The van der Waals surface area contributed by atoms with E-state index in [0.29, 0.717) is 17.9 Å². The molecule has 0 fully saturated rings. The summed E-state index contributed by atoms with van der Waals surface area (Å²) in [5.74, 6) is 0.0517. The summed E-state index contributed by atoms with van der Waals surface area (Å²) in [7, 11) is 0. The zero-order valence-electron chi connectivity index (χ0n) is 10.3. The smallest absolute Gasteiger partial charge is 0.201 e. The topological polar surface area (TPSA) is 56.2 Å². The first-order valence-corrected chi connectivity index (χ1v) is 6.61. The minimum absolute atomic E-state index is 0.282. The molecular formula is C13H12BrFN4. The van der Waals surface area contributed by atoms with Crippen LogP contribution in [0.5, 0.6) is 0 Å². The largest absolute Gasteiger partial charge is 0.369 e. The monoisotopic (exact) mass is 322 g/mol. The van der Waals surface area contributed by atoms with Crippen LogP contribution in [-0.2, 0) is 12.0 Å². The zero-order chi connectivity index (χ0) is 13.6. The summed E-state index contributed by atoms with van der Waals surface area (Å²) in [5.41, 5.74) is 6.67. The Balaban J connectivity index is 2.15. The van der Waals surface area contributed by atoms with Gasteiger partial charge in [-0.2, -0.15) is 0 Å². The van der Waals surface area contributed by atoms with Crippen LogP contribution in [0.4, 0.5) is 4.39 Å². The second kappa shape index (κ2) is 4.16. The number of nitrogens with two attached hydrogens (primary N) is 1. The number of aliphatic imine (C=N–C) groups is 1. The number of hydrogen-bond acceptors (Lipinski definition) is 3. The van der Waals surface area contributed by atoms with E-state index in [2.05, 4.69) is 25.9 Å². The van der Waals surface area contributed by atoms with Crippen LogP contribution in [0.3, 0.4) is 0 Å². The van der Waals surface area contributed by atoms with Crippen LogP contribution in [-0.4, -0.2) is 15.5 Å². The van der Waals surface area contributed by atoms with Crippen molar-refractivity contribution < 1.29 is 4.39 Å². The van der Waals surface area contributed by atoms with Gasteiger partial charge in [0.2, 0.25) is 5.96 Å². The van der Waals surface area contributed by atoms with Gasteiger partial charge >= 0.3 is 0 Å². The van der Waals surface area contributed by atoms with Crippen LogP contribution in [0.2, 0.25) is 0 Å². The average molecular weight is 323 g/mol. The highest BCUT2D eigenvalue weighted by molar-refractivity contribution is 9.10. The molecule has 0 saturated heterocycles. The SMILES string of the molecule is CC1(c2cc(Br)ccc2F)Cc2cncn2C(N)=N1. The number of fused-ring (bicyclic) bond motifs is 1. The lowest BCUT2D eigenvalue weighted by Gasteiger charge is -2.31. The van der Waals surface area contributed by atoms with Gasteiger partial charge in [0.1, 0.15) is 12.1 Å². The Bertz CT molecular complexity index is 679. The maximum absolute atomic E-state index is 14.1. The van der Waals surface area contributed by atoms with Crippen molar-refractivity contribution >= 4 is 21.9 Å². The van der Waals surface area contributed by atoms with Crippen LogP contribution in [0.1, 0.15) is 18.2 Å². The molecule has 4 nitrogen and oxygen atoms in total. The van der Waals surface area contributed by atoms with Crippen molar-refractivity contribution in [1.82, 2.24) is 9.55 Å². The fourth-order valence-electron chi connectivity index (χ4n) is 2.42. The highest BCUT2D eigenvalue weighted by Crippen LogP contribution is 2.35. The van der Waals surface area contributed by atoms with Crippen molar-refractivity contribution in [2.45, 2.75) is 18.9 Å². The van der Waals surface area contributed by atoms with E-state index < -0.39 is 5.54 Å². The van der Waals surface area contributed by atoms with E-state index in [-0.39, 0.29) is 5.82 Å². The van der Waals surface area contributed by atoms with Gasteiger partial charge in [0.15, 0.2) is 0 Å². The molecule has 1 unspecified atom stereocenters. The van der Waals surface area contributed by atoms with Gasteiger partial charge in [0.25, 0.3) is 0 Å². The molecule has 19 heavy (non-hydrogen) atoms. The Labute approximate surface area is 118 Å². The Morgan fingerprint density at radius 2 is 2.26 bits per heavy atom. The second-order valence-electron chi connectivity index (χ2n) is 4.80. The van der Waals surface area contributed by atoms with Crippen molar-refractivity contribution in [1.29, 1.82) is 0 Å². The molecule has 2 aromatic rings. The lowest BCUT2D eigenvalue weighted by molar-refractivity contribution is 0.440. The minimum atomic E-state index is -0.714. The maximum atomic E-state index is 14.1. The molecule has 1 aromatic heterocycles. The molecule has 6 heteroatoms. The average Bonchev–Trinajstić information content (AvgIpc) is 2.80. The third kappa shape index (κ3) is 1.96. The molecule has 1 aliphatic heterocycles. The second-order valence-corrected chi connectivity index (χ2v) is 5.72. The summed E-state index contributed by atoms with van der Waals surface area (Å²) in [6.45, 7) is 1.88. The van der Waals surface area contributed by atoms with Gasteiger partial charge in [0, 0.05) is 28.3 Å². The highest BCUT2D eigenvalue weighted by Gasteiger charge is 2.34. The summed E-state index contributed by atoms with van der Waals surface area (Å²) in [6, 6.07) is 4.85. The van der Waals surface area contributed by atoms with Gasteiger partial charge in [-0.1, -0.05) is 15.9 Å². The van der Waals surface area contributed by atoms with Crippen molar-refractivity contribution in [2.75, 3.05) is 0 Å². The first kappa shape index (κ1) is 12.3. The molecule has 0 spiro atoms. The van der Waals surface area contributed by atoms with E-state index in [4.69, 9.17) is 5.73 Å². The quantitative estimate of drug-likeness (QED) is 0.876. The molecule has 98 valence electrons. The van der Waals surface area contributed by atoms with Crippen LogP contribution in [0.25, 0.3) is 0 Å². The fourth-order valence-corrected chi connectivity index (χ4v) is 2.79. The van der Waals surface area contributed by atoms with E-state index >= 15 is 0 Å². The molecule has 1 aromatic carbocycles. The molecule has 1 atom stereocenters. The van der Waals surface area contributed by atoms with Crippen LogP contribution < -0.4 is 5.73 Å². The Morgan fingerprint density at radius 3 is 3.05 bits per heavy atom. The minimum Gasteiger partial charge on any atom is -0.369 e. The van der Waals surface area contributed by atoms with Gasteiger partial charge in [-0.25, -0.2) is 14.4 Å². The van der Waals surface area contributed by atoms with Crippen molar-refractivity contribution in [3.05, 3.63) is 52.3 Å². The molecule has 2 N–H and O–H groups in total. The summed E-state index contributed by atoms with van der Waals surface area (Å²) >= 11 is 3.36. The Morgan fingerprint density at radius 1 is 1.47 bits per heavy atom. The van der Waals surface area contributed by atoms with Crippen molar-refractivity contribution in [3.63, 3.8) is 0 Å². The molecule has 0 amide bonds. The number of nitrogens with zero attached hydrogens (tertiary/aromatic N) is 3. The van der Waals surface area contributed by atoms with Gasteiger partial charge < -0.3 is 5.73 Å². The standard InChI is InChI=1S/C13H12BrFN4/c1-13(10-4-8(14)2-3-11(10)15)5-9-6-17-7-19(9)12(16)18-13/h2-4,6-7H,5H2,1H3,(H2,16,18). The fraction of sp³-hybridized carbons (Fsp3) is 0.231. The molecule has 2 heterocycles. The van der Waals surface area contributed by atoms with Gasteiger partial charge in [-0.05, 0) is 25.1 Å². The summed E-state index contributed by atoms with van der Waals surface area (Å²) < 4.78 is 16.6. The van der Waals surface area contributed by atoms with E-state index in [1.54, 1.807) is 29.2 Å². The lowest BCUT2D eigenvalue weighted by atomic mass is 9.87. The van der Waals surface area contributed by atoms with E-state index in [9.17, 15) is 4.39 Å². The number of rotatable bonds is 1. The number of halogens is 2. The number of aromatic nitrogens is 2. The summed E-state index contributed by atoms with van der Waals surface area (Å²) in [4.78, 5) is 8.51. The summed E-state index contributed by atoms with van der Waals surface area (Å²) in [5, 5.41) is 0. The van der Waals surface area contributed by atoms with E-state index in [1.165, 1.54) is 6.07 Å². The molecular weight excluding hydrogens is 311 g/mol. The molecule has 3 rings (SSSR count). The van der Waals surface area contributed by atoms with Gasteiger partial charge in [0.05, 0.1) is 5.54 Å². The van der Waals surface area contributed by atoms with Crippen molar-refractivity contribution in [3.8, 4) is 0 Å². The molecule has 0 aliphatic carbocycles. The van der Waals surface area contributed by atoms with Crippen molar-refractivity contribution in [2.24, 2.45) is 10.7 Å². The number of imidazole rings is 1. The van der Waals surface area contributed by atoms with Crippen LogP contribution in [0, 0.1) is 5.82 Å².